The summed E-state index contributed by atoms with van der Waals surface area (Å²) >= 11 is 9.12. The summed E-state index contributed by atoms with van der Waals surface area (Å²) in [6.45, 7) is 0. The summed E-state index contributed by atoms with van der Waals surface area (Å²) < 4.78 is 18.7. The minimum absolute atomic E-state index is 0.256. The molecular weight excluding hydrogens is 349 g/mol. The third-order valence-corrected chi connectivity index (χ3v) is 3.81. The number of amides is 1. The molecule has 2 aromatic carbocycles. The van der Waals surface area contributed by atoms with Gasteiger partial charge in [0.1, 0.15) is 11.6 Å². The Morgan fingerprint density at radius 1 is 1.30 bits per heavy atom. The lowest BCUT2D eigenvalue weighted by molar-refractivity contribution is 0.102. The van der Waals surface area contributed by atoms with Gasteiger partial charge in [-0.3, -0.25) is 4.79 Å². The standard InChI is InChI=1S/C14H10BrClFNO2/c1-20-13-7-9(17)3-5-12(13)18-14(19)8-2-4-11(16)10(15)6-8/h2-7H,1H3,(H,18,19). The second-order valence-corrected chi connectivity index (χ2v) is 5.19. The fourth-order valence-electron chi connectivity index (χ4n) is 1.60. The van der Waals surface area contributed by atoms with E-state index in [-0.39, 0.29) is 11.7 Å². The summed E-state index contributed by atoms with van der Waals surface area (Å²) in [4.78, 5) is 12.1. The molecule has 0 aliphatic rings. The molecule has 2 rings (SSSR count). The van der Waals surface area contributed by atoms with Crippen molar-refractivity contribution in [3.8, 4) is 5.75 Å². The highest BCUT2D eigenvalue weighted by Crippen LogP contribution is 2.27. The van der Waals surface area contributed by atoms with Gasteiger partial charge in [-0.05, 0) is 46.3 Å². The fourth-order valence-corrected chi connectivity index (χ4v) is 2.10. The molecular formula is C14H10BrClFNO2. The monoisotopic (exact) mass is 357 g/mol. The molecule has 0 aliphatic carbocycles. The van der Waals surface area contributed by atoms with E-state index in [1.54, 1.807) is 18.2 Å². The quantitative estimate of drug-likeness (QED) is 0.877. The van der Waals surface area contributed by atoms with Crippen LogP contribution in [0.25, 0.3) is 0 Å². The third kappa shape index (κ3) is 3.29. The zero-order valence-electron chi connectivity index (χ0n) is 10.4. The summed E-state index contributed by atoms with van der Waals surface area (Å²) in [5.74, 6) is -0.521. The van der Waals surface area contributed by atoms with E-state index in [4.69, 9.17) is 16.3 Å². The van der Waals surface area contributed by atoms with E-state index >= 15 is 0 Å². The Morgan fingerprint density at radius 3 is 2.70 bits per heavy atom. The Balaban J connectivity index is 2.25. The van der Waals surface area contributed by atoms with Crippen LogP contribution in [-0.4, -0.2) is 13.0 Å². The van der Waals surface area contributed by atoms with Gasteiger partial charge in [0.15, 0.2) is 0 Å². The van der Waals surface area contributed by atoms with Gasteiger partial charge < -0.3 is 10.1 Å². The molecule has 6 heteroatoms. The van der Waals surface area contributed by atoms with Crippen LogP contribution in [0.5, 0.6) is 5.75 Å². The van der Waals surface area contributed by atoms with Gasteiger partial charge >= 0.3 is 0 Å². The Labute approximate surface area is 128 Å². The number of hydrogen-bond acceptors (Lipinski definition) is 2. The lowest BCUT2D eigenvalue weighted by Crippen LogP contribution is -2.12. The molecule has 0 atom stereocenters. The summed E-state index contributed by atoms with van der Waals surface area (Å²) in [6, 6.07) is 8.70. The van der Waals surface area contributed by atoms with E-state index in [1.165, 1.54) is 25.3 Å². The Morgan fingerprint density at radius 2 is 2.05 bits per heavy atom. The van der Waals surface area contributed by atoms with E-state index in [0.717, 1.165) is 0 Å². The molecule has 0 aromatic heterocycles. The number of benzene rings is 2. The van der Waals surface area contributed by atoms with Gasteiger partial charge in [-0.25, -0.2) is 4.39 Å². The molecule has 0 spiro atoms. The van der Waals surface area contributed by atoms with Crippen molar-refractivity contribution in [3.63, 3.8) is 0 Å². The predicted octanol–water partition coefficient (Wildman–Crippen LogP) is 4.50. The van der Waals surface area contributed by atoms with Crippen molar-refractivity contribution in [2.45, 2.75) is 0 Å². The number of rotatable bonds is 3. The molecule has 0 aliphatic heterocycles. The van der Waals surface area contributed by atoms with Gasteiger partial charge in [0.05, 0.1) is 17.8 Å². The molecule has 0 saturated heterocycles. The van der Waals surface area contributed by atoms with Crippen LogP contribution in [0, 0.1) is 5.82 Å². The molecule has 0 fully saturated rings. The fraction of sp³-hybridized carbons (Fsp3) is 0.0714. The number of ether oxygens (including phenoxy) is 1. The molecule has 1 amide bonds. The third-order valence-electron chi connectivity index (χ3n) is 2.59. The van der Waals surface area contributed by atoms with Crippen molar-refractivity contribution in [2.75, 3.05) is 12.4 Å². The molecule has 1 N–H and O–H groups in total. The van der Waals surface area contributed by atoms with Gasteiger partial charge in [-0.1, -0.05) is 11.6 Å². The number of carbonyl (C=O) groups is 1. The van der Waals surface area contributed by atoms with E-state index in [1.807, 2.05) is 0 Å². The second kappa shape index (κ2) is 6.24. The van der Waals surface area contributed by atoms with Crippen LogP contribution < -0.4 is 10.1 Å². The average Bonchev–Trinajstić information content (AvgIpc) is 2.43. The van der Waals surface area contributed by atoms with Crippen molar-refractivity contribution in [2.24, 2.45) is 0 Å². The highest BCUT2D eigenvalue weighted by atomic mass is 79.9. The van der Waals surface area contributed by atoms with Gasteiger partial charge in [-0.15, -0.1) is 0 Å². The van der Waals surface area contributed by atoms with Gasteiger partial charge in [0.25, 0.3) is 5.91 Å². The molecule has 0 unspecified atom stereocenters. The normalized spacial score (nSPS) is 10.2. The number of methoxy groups -OCH3 is 1. The number of carbonyl (C=O) groups excluding carboxylic acids is 1. The maximum atomic E-state index is 13.1. The molecule has 104 valence electrons. The molecule has 0 radical (unpaired) electrons. The molecule has 3 nitrogen and oxygen atoms in total. The second-order valence-electron chi connectivity index (χ2n) is 3.93. The van der Waals surface area contributed by atoms with Crippen LogP contribution in [-0.2, 0) is 0 Å². The highest BCUT2D eigenvalue weighted by Gasteiger charge is 2.11. The van der Waals surface area contributed by atoms with E-state index in [0.29, 0.717) is 20.7 Å². The van der Waals surface area contributed by atoms with Crippen molar-refractivity contribution >= 4 is 39.1 Å². The Kier molecular flexibility index (Phi) is 4.62. The lowest BCUT2D eigenvalue weighted by Gasteiger charge is -2.10. The lowest BCUT2D eigenvalue weighted by atomic mass is 10.2. The van der Waals surface area contributed by atoms with Gasteiger partial charge in [0, 0.05) is 16.1 Å². The maximum Gasteiger partial charge on any atom is 0.255 e. The van der Waals surface area contributed by atoms with E-state index in [2.05, 4.69) is 21.2 Å². The maximum absolute atomic E-state index is 13.1. The summed E-state index contributed by atoms with van der Waals surface area (Å²) in [6.07, 6.45) is 0. The number of halogens is 3. The SMILES string of the molecule is COc1cc(F)ccc1NC(=O)c1ccc(Cl)c(Br)c1. The minimum Gasteiger partial charge on any atom is -0.494 e. The first-order chi connectivity index (χ1) is 9.51. The van der Waals surface area contributed by atoms with Gasteiger partial charge in [0.2, 0.25) is 0 Å². The van der Waals surface area contributed by atoms with Crippen molar-refractivity contribution in [1.29, 1.82) is 0 Å². The molecule has 2 aromatic rings. The zero-order chi connectivity index (χ0) is 14.7. The first-order valence-corrected chi connectivity index (χ1v) is 6.78. The van der Waals surface area contributed by atoms with Crippen molar-refractivity contribution in [1.82, 2.24) is 0 Å². The smallest absolute Gasteiger partial charge is 0.255 e. The first-order valence-electron chi connectivity index (χ1n) is 5.61. The van der Waals surface area contributed by atoms with Crippen LogP contribution in [0.15, 0.2) is 40.9 Å². The van der Waals surface area contributed by atoms with Crippen LogP contribution >= 0.6 is 27.5 Å². The molecule has 0 saturated carbocycles. The minimum atomic E-state index is -0.436. The van der Waals surface area contributed by atoms with E-state index < -0.39 is 5.82 Å². The summed E-state index contributed by atoms with van der Waals surface area (Å²) in [5.41, 5.74) is 0.817. The molecule has 0 heterocycles. The van der Waals surface area contributed by atoms with Crippen LogP contribution in [0.1, 0.15) is 10.4 Å². The zero-order valence-corrected chi connectivity index (χ0v) is 12.8. The molecule has 20 heavy (non-hydrogen) atoms. The average molecular weight is 359 g/mol. The summed E-state index contributed by atoms with van der Waals surface area (Å²) in [7, 11) is 1.41. The van der Waals surface area contributed by atoms with E-state index in [9.17, 15) is 9.18 Å². The largest absolute Gasteiger partial charge is 0.494 e. The van der Waals surface area contributed by atoms with Crippen LogP contribution in [0.4, 0.5) is 10.1 Å². The Bertz CT molecular complexity index is 664. The predicted molar refractivity (Wildman–Crippen MR) is 80.1 cm³/mol. The Hall–Kier alpha value is -1.59. The topological polar surface area (TPSA) is 38.3 Å². The molecule has 0 bridgehead atoms. The van der Waals surface area contributed by atoms with Crippen molar-refractivity contribution in [3.05, 3.63) is 57.3 Å². The number of hydrogen-bond donors (Lipinski definition) is 1. The highest BCUT2D eigenvalue weighted by molar-refractivity contribution is 9.10. The van der Waals surface area contributed by atoms with Gasteiger partial charge in [-0.2, -0.15) is 0 Å². The van der Waals surface area contributed by atoms with Crippen LogP contribution in [0.2, 0.25) is 5.02 Å². The number of anilines is 1. The van der Waals surface area contributed by atoms with Crippen LogP contribution in [0.3, 0.4) is 0 Å². The summed E-state index contributed by atoms with van der Waals surface area (Å²) in [5, 5.41) is 3.17. The first kappa shape index (κ1) is 14.8. The van der Waals surface area contributed by atoms with Crippen molar-refractivity contribution < 1.29 is 13.9 Å². The number of nitrogens with one attached hydrogen (secondary N) is 1.